The molecular formula is C20H21ClN2O2. The molecule has 1 aliphatic rings. The quantitative estimate of drug-likeness (QED) is 0.798. The zero-order chi connectivity index (χ0) is 18.0. The van der Waals surface area contributed by atoms with Crippen molar-refractivity contribution >= 4 is 23.4 Å². The first-order valence-electron chi connectivity index (χ1n) is 8.43. The highest BCUT2D eigenvalue weighted by atomic mass is 35.5. The summed E-state index contributed by atoms with van der Waals surface area (Å²) in [6.07, 6.45) is 0. The number of rotatable bonds is 6. The van der Waals surface area contributed by atoms with Crippen LogP contribution >= 0.6 is 11.6 Å². The largest absolute Gasteiger partial charge is 0.308 e. The van der Waals surface area contributed by atoms with E-state index in [1.807, 2.05) is 24.3 Å². The first kappa shape index (κ1) is 17.6. The van der Waals surface area contributed by atoms with Crippen molar-refractivity contribution in [3.8, 4) is 0 Å². The van der Waals surface area contributed by atoms with Crippen LogP contribution < -0.4 is 5.32 Å². The number of hydrogen-bond donors (Lipinski definition) is 1. The molecule has 130 valence electrons. The summed E-state index contributed by atoms with van der Waals surface area (Å²) in [5.41, 5.74) is 2.12. The Kier molecular flexibility index (Phi) is 5.21. The van der Waals surface area contributed by atoms with E-state index in [1.165, 1.54) is 4.90 Å². The standard InChI is InChI=1S/C20H21ClN2O2/c1-13(2)18(14-7-9-15(21)10-8-14)22-11-12-23-19(24)16-5-3-4-6-17(16)20(23)25/h3-10,13,18,22H,11-12H2,1-2H3. The van der Waals surface area contributed by atoms with Crippen molar-refractivity contribution in [2.75, 3.05) is 13.1 Å². The zero-order valence-electron chi connectivity index (χ0n) is 14.3. The molecule has 2 aromatic carbocycles. The Labute approximate surface area is 152 Å². The number of halogens is 1. The van der Waals surface area contributed by atoms with E-state index in [-0.39, 0.29) is 17.9 Å². The molecule has 2 amide bonds. The van der Waals surface area contributed by atoms with E-state index < -0.39 is 0 Å². The van der Waals surface area contributed by atoms with E-state index in [2.05, 4.69) is 19.2 Å². The molecular weight excluding hydrogens is 336 g/mol. The fourth-order valence-electron chi connectivity index (χ4n) is 3.18. The summed E-state index contributed by atoms with van der Waals surface area (Å²) < 4.78 is 0. The maximum atomic E-state index is 12.4. The van der Waals surface area contributed by atoms with Gasteiger partial charge in [-0.3, -0.25) is 14.5 Å². The van der Waals surface area contributed by atoms with Crippen molar-refractivity contribution in [2.45, 2.75) is 19.9 Å². The molecule has 0 fully saturated rings. The molecule has 0 radical (unpaired) electrons. The van der Waals surface area contributed by atoms with Gasteiger partial charge < -0.3 is 5.32 Å². The van der Waals surface area contributed by atoms with Gasteiger partial charge in [-0.15, -0.1) is 0 Å². The number of nitrogens with one attached hydrogen (secondary N) is 1. The van der Waals surface area contributed by atoms with Crippen molar-refractivity contribution in [3.63, 3.8) is 0 Å². The van der Waals surface area contributed by atoms with E-state index in [4.69, 9.17) is 11.6 Å². The second-order valence-corrected chi connectivity index (χ2v) is 6.97. The smallest absolute Gasteiger partial charge is 0.261 e. The molecule has 1 atom stereocenters. The number of nitrogens with zero attached hydrogens (tertiary/aromatic N) is 1. The predicted octanol–water partition coefficient (Wildman–Crippen LogP) is 3.92. The molecule has 0 aromatic heterocycles. The molecule has 25 heavy (non-hydrogen) atoms. The van der Waals surface area contributed by atoms with E-state index in [0.29, 0.717) is 35.2 Å². The number of fused-ring (bicyclic) bond motifs is 1. The SMILES string of the molecule is CC(C)C(NCCN1C(=O)c2ccccc2C1=O)c1ccc(Cl)cc1. The summed E-state index contributed by atoms with van der Waals surface area (Å²) in [5.74, 6) is -0.0617. The van der Waals surface area contributed by atoms with E-state index in [0.717, 1.165) is 5.56 Å². The van der Waals surface area contributed by atoms with Gasteiger partial charge in [0, 0.05) is 24.2 Å². The summed E-state index contributed by atoms with van der Waals surface area (Å²) in [7, 11) is 0. The average Bonchev–Trinajstić information content (AvgIpc) is 2.84. The van der Waals surface area contributed by atoms with Crippen LogP contribution in [0.25, 0.3) is 0 Å². The summed E-state index contributed by atoms with van der Waals surface area (Å²) in [6, 6.07) is 14.8. The van der Waals surface area contributed by atoms with Crippen LogP contribution in [0.15, 0.2) is 48.5 Å². The Morgan fingerprint density at radius 1 is 0.960 bits per heavy atom. The maximum absolute atomic E-state index is 12.4. The van der Waals surface area contributed by atoms with Crippen molar-refractivity contribution in [3.05, 3.63) is 70.2 Å². The van der Waals surface area contributed by atoms with Gasteiger partial charge in [0.25, 0.3) is 11.8 Å². The van der Waals surface area contributed by atoms with Gasteiger partial charge in [-0.05, 0) is 35.7 Å². The normalized spacial score (nSPS) is 15.0. The van der Waals surface area contributed by atoms with Crippen LogP contribution in [0.1, 0.15) is 46.2 Å². The molecule has 1 aliphatic heterocycles. The highest BCUT2D eigenvalue weighted by Gasteiger charge is 2.34. The van der Waals surface area contributed by atoms with Crippen LogP contribution in [-0.4, -0.2) is 29.8 Å². The van der Waals surface area contributed by atoms with Crippen LogP contribution in [0, 0.1) is 5.92 Å². The Bertz CT molecular complexity index is 752. The maximum Gasteiger partial charge on any atom is 0.261 e. The third kappa shape index (κ3) is 3.60. The van der Waals surface area contributed by atoms with Gasteiger partial charge >= 0.3 is 0 Å². The lowest BCUT2D eigenvalue weighted by atomic mass is 9.96. The molecule has 2 aromatic rings. The number of amides is 2. The van der Waals surface area contributed by atoms with Gasteiger partial charge in [0.1, 0.15) is 0 Å². The molecule has 0 saturated heterocycles. The lowest BCUT2D eigenvalue weighted by Gasteiger charge is -2.24. The molecule has 3 rings (SSSR count). The Morgan fingerprint density at radius 2 is 1.52 bits per heavy atom. The molecule has 4 nitrogen and oxygen atoms in total. The summed E-state index contributed by atoms with van der Waals surface area (Å²) in [5, 5.41) is 4.17. The molecule has 1 unspecified atom stereocenters. The van der Waals surface area contributed by atoms with Gasteiger partial charge in [0.15, 0.2) is 0 Å². The molecule has 0 spiro atoms. The van der Waals surface area contributed by atoms with Crippen LogP contribution in [0.2, 0.25) is 5.02 Å². The third-order valence-electron chi connectivity index (χ3n) is 4.47. The van der Waals surface area contributed by atoms with E-state index in [9.17, 15) is 9.59 Å². The van der Waals surface area contributed by atoms with Gasteiger partial charge in [-0.2, -0.15) is 0 Å². The Hall–Kier alpha value is -2.17. The zero-order valence-corrected chi connectivity index (χ0v) is 15.1. The first-order valence-corrected chi connectivity index (χ1v) is 8.81. The highest BCUT2D eigenvalue weighted by molar-refractivity contribution is 6.30. The van der Waals surface area contributed by atoms with Crippen molar-refractivity contribution in [1.29, 1.82) is 0 Å². The second-order valence-electron chi connectivity index (χ2n) is 6.53. The summed E-state index contributed by atoms with van der Waals surface area (Å²) in [6.45, 7) is 5.16. The first-order chi connectivity index (χ1) is 12.0. The van der Waals surface area contributed by atoms with Gasteiger partial charge in [0.05, 0.1) is 11.1 Å². The second kappa shape index (κ2) is 7.38. The van der Waals surface area contributed by atoms with Crippen LogP contribution in [-0.2, 0) is 0 Å². The Balaban J connectivity index is 1.65. The van der Waals surface area contributed by atoms with Crippen molar-refractivity contribution < 1.29 is 9.59 Å². The minimum atomic E-state index is -0.213. The molecule has 0 saturated carbocycles. The fourth-order valence-corrected chi connectivity index (χ4v) is 3.31. The minimum absolute atomic E-state index is 0.132. The van der Waals surface area contributed by atoms with E-state index in [1.54, 1.807) is 24.3 Å². The lowest BCUT2D eigenvalue weighted by molar-refractivity contribution is 0.0654. The molecule has 0 bridgehead atoms. The highest BCUT2D eigenvalue weighted by Crippen LogP contribution is 2.24. The summed E-state index contributed by atoms with van der Waals surface area (Å²) >= 11 is 5.96. The van der Waals surface area contributed by atoms with Crippen LogP contribution in [0.4, 0.5) is 0 Å². The summed E-state index contributed by atoms with van der Waals surface area (Å²) in [4.78, 5) is 26.1. The van der Waals surface area contributed by atoms with Gasteiger partial charge in [-0.25, -0.2) is 0 Å². The van der Waals surface area contributed by atoms with Gasteiger partial charge in [0.2, 0.25) is 0 Å². The molecule has 5 heteroatoms. The number of hydrogen-bond acceptors (Lipinski definition) is 3. The van der Waals surface area contributed by atoms with Crippen molar-refractivity contribution in [2.24, 2.45) is 5.92 Å². The lowest BCUT2D eigenvalue weighted by Crippen LogP contribution is -2.38. The molecule has 0 aliphatic carbocycles. The van der Waals surface area contributed by atoms with Crippen LogP contribution in [0.5, 0.6) is 0 Å². The number of benzene rings is 2. The third-order valence-corrected chi connectivity index (χ3v) is 4.73. The monoisotopic (exact) mass is 356 g/mol. The van der Waals surface area contributed by atoms with Crippen LogP contribution in [0.3, 0.4) is 0 Å². The average molecular weight is 357 g/mol. The van der Waals surface area contributed by atoms with E-state index >= 15 is 0 Å². The topological polar surface area (TPSA) is 49.4 Å². The van der Waals surface area contributed by atoms with Gasteiger partial charge in [-0.1, -0.05) is 49.7 Å². The molecule has 1 heterocycles. The number of carbonyl (C=O) groups is 2. The molecule has 1 N–H and O–H groups in total. The number of carbonyl (C=O) groups excluding carboxylic acids is 2. The predicted molar refractivity (Wildman–Crippen MR) is 98.8 cm³/mol. The number of imide groups is 1. The minimum Gasteiger partial charge on any atom is -0.308 e. The van der Waals surface area contributed by atoms with Crippen molar-refractivity contribution in [1.82, 2.24) is 10.2 Å². The Morgan fingerprint density at radius 3 is 2.04 bits per heavy atom. The fraction of sp³-hybridized carbons (Fsp3) is 0.300.